The summed E-state index contributed by atoms with van der Waals surface area (Å²) >= 11 is 0. The highest BCUT2D eigenvalue weighted by Gasteiger charge is 2.63. The maximum Gasteiger partial charge on any atom is 0.228 e. The highest BCUT2D eigenvalue weighted by atomic mass is 16.2. The van der Waals surface area contributed by atoms with Crippen molar-refractivity contribution in [1.82, 2.24) is 14.9 Å². The predicted octanol–water partition coefficient (Wildman–Crippen LogP) is 3.12. The number of carbonyl (C=O) groups excluding carboxylic acids is 1. The highest BCUT2D eigenvalue weighted by Crippen LogP contribution is 2.69. The van der Waals surface area contributed by atoms with Gasteiger partial charge in [-0.15, -0.1) is 0 Å². The van der Waals surface area contributed by atoms with Crippen LogP contribution in [0.4, 0.5) is 5.95 Å². The summed E-state index contributed by atoms with van der Waals surface area (Å²) in [6.45, 7) is 8.17. The fourth-order valence-electron chi connectivity index (χ4n) is 7.59. The summed E-state index contributed by atoms with van der Waals surface area (Å²) in [6, 6.07) is 1.84. The Bertz CT molecular complexity index is 694. The summed E-state index contributed by atoms with van der Waals surface area (Å²) in [5, 5.41) is 0. The van der Waals surface area contributed by atoms with Crippen molar-refractivity contribution in [2.45, 2.75) is 52.4 Å². The van der Waals surface area contributed by atoms with Gasteiger partial charge in [-0.1, -0.05) is 13.8 Å². The van der Waals surface area contributed by atoms with Crippen molar-refractivity contribution in [1.29, 1.82) is 0 Å². The van der Waals surface area contributed by atoms with Gasteiger partial charge in [-0.05, 0) is 61.3 Å². The summed E-state index contributed by atoms with van der Waals surface area (Å²) in [7, 11) is 0. The van der Waals surface area contributed by atoms with Gasteiger partial charge in [0.2, 0.25) is 11.9 Å². The number of carbonyl (C=O) groups is 1. The maximum atomic E-state index is 13.7. The van der Waals surface area contributed by atoms with Crippen LogP contribution in [0, 0.1) is 22.2 Å². The van der Waals surface area contributed by atoms with Crippen LogP contribution < -0.4 is 4.90 Å². The number of amides is 1. The first-order valence-corrected chi connectivity index (χ1v) is 10.2. The summed E-state index contributed by atoms with van der Waals surface area (Å²) in [5.74, 6) is 2.01. The molecule has 1 amide bonds. The molecule has 0 aromatic carbocycles. The normalized spacial score (nSPS) is 41.5. The van der Waals surface area contributed by atoms with E-state index < -0.39 is 0 Å². The standard InChI is InChI=1S/C21H30N4O/c1-19-10-16-11-20(2,13-19)15-21(12-16,14-19)17(26)24-6-8-25(9-7-24)18-22-4-3-5-23-18/h3-5,16H,6-15H2,1-2H3/t16?,19-,20+,21?. The zero-order valence-corrected chi connectivity index (χ0v) is 16.1. The number of anilines is 1. The molecule has 2 unspecified atom stereocenters. The molecule has 4 atom stereocenters. The second-order valence-corrected chi connectivity index (χ2v) is 10.2. The van der Waals surface area contributed by atoms with Crippen LogP contribution in [0.3, 0.4) is 0 Å². The molecule has 5 aliphatic rings. The molecule has 6 rings (SSSR count). The lowest BCUT2D eigenvalue weighted by atomic mass is 9.40. The van der Waals surface area contributed by atoms with Crippen LogP contribution >= 0.6 is 0 Å². The first kappa shape index (κ1) is 16.5. The summed E-state index contributed by atoms with van der Waals surface area (Å²) in [4.78, 5) is 26.7. The van der Waals surface area contributed by atoms with Crippen LogP contribution in [0.5, 0.6) is 0 Å². The fraction of sp³-hybridized carbons (Fsp3) is 0.762. The van der Waals surface area contributed by atoms with Gasteiger partial charge in [-0.3, -0.25) is 4.79 Å². The Balaban J connectivity index is 1.32. The molecule has 140 valence electrons. The number of piperazine rings is 1. The van der Waals surface area contributed by atoms with E-state index in [0.29, 0.717) is 16.7 Å². The molecule has 4 bridgehead atoms. The van der Waals surface area contributed by atoms with Gasteiger partial charge in [0.1, 0.15) is 0 Å². The van der Waals surface area contributed by atoms with Gasteiger partial charge < -0.3 is 9.80 Å². The Morgan fingerprint density at radius 1 is 0.962 bits per heavy atom. The Morgan fingerprint density at radius 3 is 2.15 bits per heavy atom. The van der Waals surface area contributed by atoms with Crippen LogP contribution in [0.1, 0.15) is 52.4 Å². The summed E-state index contributed by atoms with van der Waals surface area (Å²) in [6.07, 6.45) is 11.0. The minimum Gasteiger partial charge on any atom is -0.339 e. The quantitative estimate of drug-likeness (QED) is 0.819. The van der Waals surface area contributed by atoms with Gasteiger partial charge in [-0.25, -0.2) is 9.97 Å². The lowest BCUT2D eigenvalue weighted by Gasteiger charge is -2.65. The largest absolute Gasteiger partial charge is 0.339 e. The zero-order chi connectivity index (χ0) is 18.0. The van der Waals surface area contributed by atoms with Crippen molar-refractivity contribution < 1.29 is 4.79 Å². The maximum absolute atomic E-state index is 13.7. The van der Waals surface area contributed by atoms with Gasteiger partial charge in [-0.2, -0.15) is 0 Å². The van der Waals surface area contributed by atoms with E-state index in [1.54, 1.807) is 12.4 Å². The molecular weight excluding hydrogens is 324 g/mol. The molecular formula is C21H30N4O. The molecule has 1 saturated heterocycles. The smallest absolute Gasteiger partial charge is 0.228 e. The van der Waals surface area contributed by atoms with E-state index in [1.165, 1.54) is 19.3 Å². The van der Waals surface area contributed by atoms with Crippen molar-refractivity contribution >= 4 is 11.9 Å². The Labute approximate surface area is 156 Å². The van der Waals surface area contributed by atoms with Crippen LogP contribution in [0.25, 0.3) is 0 Å². The molecule has 0 spiro atoms. The average molecular weight is 354 g/mol. The molecule has 1 aromatic rings. The summed E-state index contributed by atoms with van der Waals surface area (Å²) < 4.78 is 0. The Kier molecular flexibility index (Phi) is 3.45. The van der Waals surface area contributed by atoms with Crippen LogP contribution in [0.2, 0.25) is 0 Å². The van der Waals surface area contributed by atoms with E-state index >= 15 is 0 Å². The van der Waals surface area contributed by atoms with Crippen molar-refractivity contribution in [2.24, 2.45) is 22.2 Å². The van der Waals surface area contributed by atoms with E-state index in [9.17, 15) is 4.79 Å². The number of hydrogen-bond acceptors (Lipinski definition) is 4. The molecule has 5 nitrogen and oxygen atoms in total. The molecule has 26 heavy (non-hydrogen) atoms. The number of nitrogens with zero attached hydrogens (tertiary/aromatic N) is 4. The van der Waals surface area contributed by atoms with E-state index in [0.717, 1.165) is 57.3 Å². The molecule has 2 heterocycles. The van der Waals surface area contributed by atoms with Gasteiger partial charge in [0.15, 0.2) is 0 Å². The molecule has 0 N–H and O–H groups in total. The molecule has 1 aliphatic heterocycles. The lowest BCUT2D eigenvalue weighted by molar-refractivity contribution is -0.179. The van der Waals surface area contributed by atoms with Gasteiger partial charge in [0.25, 0.3) is 0 Å². The first-order chi connectivity index (χ1) is 12.4. The van der Waals surface area contributed by atoms with E-state index in [4.69, 9.17) is 0 Å². The number of rotatable bonds is 2. The minimum absolute atomic E-state index is 0.0751. The number of hydrogen-bond donors (Lipinski definition) is 0. The zero-order valence-electron chi connectivity index (χ0n) is 16.1. The topological polar surface area (TPSA) is 49.3 Å². The molecule has 4 aliphatic carbocycles. The van der Waals surface area contributed by atoms with Crippen molar-refractivity contribution in [3.05, 3.63) is 18.5 Å². The summed E-state index contributed by atoms with van der Waals surface area (Å²) in [5.41, 5.74) is 0.710. The van der Waals surface area contributed by atoms with Gasteiger partial charge >= 0.3 is 0 Å². The minimum atomic E-state index is -0.0751. The monoisotopic (exact) mass is 354 g/mol. The first-order valence-electron chi connectivity index (χ1n) is 10.2. The highest BCUT2D eigenvalue weighted by molar-refractivity contribution is 5.84. The second kappa shape index (κ2) is 5.43. The van der Waals surface area contributed by atoms with Crippen LogP contribution in [-0.4, -0.2) is 47.0 Å². The molecule has 1 aromatic heterocycles. The molecule has 5 heteroatoms. The third-order valence-electron chi connectivity index (χ3n) is 7.48. The predicted molar refractivity (Wildman–Crippen MR) is 101 cm³/mol. The van der Waals surface area contributed by atoms with E-state index in [-0.39, 0.29) is 5.41 Å². The van der Waals surface area contributed by atoms with Crippen LogP contribution in [0.15, 0.2) is 18.5 Å². The lowest BCUT2D eigenvalue weighted by Crippen LogP contribution is -2.62. The third kappa shape index (κ3) is 2.54. The SMILES string of the molecule is C[C@]12CC3CC(C(=O)N4CCN(c5ncccn5)CC4)(C1)C[C@@](C)(C3)C2. The average Bonchev–Trinajstić information content (AvgIpc) is 2.59. The Hall–Kier alpha value is -1.65. The van der Waals surface area contributed by atoms with Gasteiger partial charge in [0, 0.05) is 38.6 Å². The van der Waals surface area contributed by atoms with Crippen molar-refractivity contribution in [2.75, 3.05) is 31.1 Å². The van der Waals surface area contributed by atoms with Crippen molar-refractivity contribution in [3.63, 3.8) is 0 Å². The van der Waals surface area contributed by atoms with Gasteiger partial charge in [0.05, 0.1) is 5.41 Å². The van der Waals surface area contributed by atoms with E-state index in [2.05, 4.69) is 33.6 Å². The van der Waals surface area contributed by atoms with Crippen LogP contribution in [-0.2, 0) is 4.79 Å². The third-order valence-corrected chi connectivity index (χ3v) is 7.48. The number of aromatic nitrogens is 2. The second-order valence-electron chi connectivity index (χ2n) is 10.2. The molecule has 4 saturated carbocycles. The van der Waals surface area contributed by atoms with Crippen molar-refractivity contribution in [3.8, 4) is 0 Å². The molecule has 5 fully saturated rings. The van der Waals surface area contributed by atoms with E-state index in [1.807, 2.05) is 6.07 Å². The fourth-order valence-corrected chi connectivity index (χ4v) is 7.59. The molecule has 0 radical (unpaired) electrons. The Morgan fingerprint density at radius 2 is 1.58 bits per heavy atom.